The van der Waals surface area contributed by atoms with Crippen LogP contribution in [0.4, 0.5) is 0 Å². The molecule has 114 valence electrons. The highest BCUT2D eigenvalue weighted by atomic mass is 16.5. The molecule has 3 rings (SSSR count). The van der Waals surface area contributed by atoms with Gasteiger partial charge in [-0.05, 0) is 12.1 Å². The number of aromatic nitrogens is 3. The monoisotopic (exact) mass is 300 g/mol. The van der Waals surface area contributed by atoms with Crippen LogP contribution in [0.5, 0.6) is 11.8 Å². The van der Waals surface area contributed by atoms with E-state index in [0.29, 0.717) is 30.4 Å². The molecule has 1 amide bonds. The lowest BCUT2D eigenvalue weighted by molar-refractivity contribution is 0.0767. The van der Waals surface area contributed by atoms with E-state index in [-0.39, 0.29) is 12.0 Å². The van der Waals surface area contributed by atoms with Crippen LogP contribution < -0.4 is 9.47 Å². The fourth-order valence-corrected chi connectivity index (χ4v) is 2.41. The van der Waals surface area contributed by atoms with E-state index in [1.54, 1.807) is 41.8 Å². The Hall–Kier alpha value is -2.70. The first kappa shape index (κ1) is 14.2. The van der Waals surface area contributed by atoms with E-state index in [9.17, 15) is 4.79 Å². The van der Waals surface area contributed by atoms with Gasteiger partial charge in [0.05, 0.1) is 19.9 Å². The lowest BCUT2D eigenvalue weighted by Gasteiger charge is -2.17. The number of nitrogens with zero attached hydrogens (tertiary/aromatic N) is 4. The number of amides is 1. The number of carbonyl (C=O) groups is 1. The smallest absolute Gasteiger partial charge is 0.259 e. The van der Waals surface area contributed by atoms with Crippen molar-refractivity contribution in [3.05, 3.63) is 42.5 Å². The molecule has 3 heterocycles. The molecule has 0 N–H and O–H groups in total. The molecule has 0 bridgehead atoms. The van der Waals surface area contributed by atoms with Crippen LogP contribution in [0.3, 0.4) is 0 Å². The second-order valence-electron chi connectivity index (χ2n) is 4.88. The summed E-state index contributed by atoms with van der Waals surface area (Å²) in [4.78, 5) is 26.4. The molecular weight excluding hydrogens is 284 g/mol. The molecule has 1 saturated heterocycles. The van der Waals surface area contributed by atoms with E-state index >= 15 is 0 Å². The molecule has 2 aromatic rings. The minimum atomic E-state index is -0.102. The van der Waals surface area contributed by atoms with Crippen molar-refractivity contribution in [3.63, 3.8) is 0 Å². The van der Waals surface area contributed by atoms with Crippen molar-refractivity contribution in [2.24, 2.45) is 0 Å². The molecular formula is C15H16N4O3. The number of pyridine rings is 1. The van der Waals surface area contributed by atoms with E-state index in [1.165, 1.54) is 7.11 Å². The predicted molar refractivity (Wildman–Crippen MR) is 77.8 cm³/mol. The molecule has 1 aliphatic heterocycles. The molecule has 0 radical (unpaired) electrons. The van der Waals surface area contributed by atoms with Gasteiger partial charge in [-0.15, -0.1) is 0 Å². The van der Waals surface area contributed by atoms with Gasteiger partial charge in [0.1, 0.15) is 11.7 Å². The van der Waals surface area contributed by atoms with Crippen LogP contribution in [-0.4, -0.2) is 52.1 Å². The molecule has 0 saturated carbocycles. The molecule has 7 nitrogen and oxygen atoms in total. The highest BCUT2D eigenvalue weighted by Gasteiger charge is 2.30. The molecule has 22 heavy (non-hydrogen) atoms. The average molecular weight is 300 g/mol. The molecule has 1 fully saturated rings. The van der Waals surface area contributed by atoms with Gasteiger partial charge in [-0.2, -0.15) is 0 Å². The standard InChI is InChI=1S/C15H16N4O3/c1-21-14-12(3-2-5-18-14)15(20)19-8-4-11(10-19)22-13-9-16-6-7-17-13/h2-3,5-7,9,11H,4,8,10H2,1H3. The summed E-state index contributed by atoms with van der Waals surface area (Å²) in [5.41, 5.74) is 0.463. The van der Waals surface area contributed by atoms with Crippen LogP contribution in [0.1, 0.15) is 16.8 Å². The van der Waals surface area contributed by atoms with Crippen molar-refractivity contribution >= 4 is 5.91 Å². The first-order chi connectivity index (χ1) is 10.8. The fourth-order valence-electron chi connectivity index (χ4n) is 2.41. The molecule has 1 aliphatic rings. The molecule has 0 aromatic carbocycles. The van der Waals surface area contributed by atoms with E-state index in [4.69, 9.17) is 9.47 Å². The predicted octanol–water partition coefficient (Wildman–Crippen LogP) is 1.17. The maximum Gasteiger partial charge on any atom is 0.259 e. The summed E-state index contributed by atoms with van der Waals surface area (Å²) in [6, 6.07) is 3.43. The van der Waals surface area contributed by atoms with Gasteiger partial charge < -0.3 is 14.4 Å². The van der Waals surface area contributed by atoms with E-state index in [1.807, 2.05) is 0 Å². The molecule has 1 unspecified atom stereocenters. The van der Waals surface area contributed by atoms with Crippen molar-refractivity contribution in [2.45, 2.75) is 12.5 Å². The third-order valence-electron chi connectivity index (χ3n) is 3.45. The Morgan fingerprint density at radius 3 is 3.00 bits per heavy atom. The fraction of sp³-hybridized carbons (Fsp3) is 0.333. The number of likely N-dealkylation sites (tertiary alicyclic amines) is 1. The van der Waals surface area contributed by atoms with Gasteiger partial charge in [0, 0.05) is 31.6 Å². The van der Waals surface area contributed by atoms with E-state index in [0.717, 1.165) is 6.42 Å². The van der Waals surface area contributed by atoms with Gasteiger partial charge >= 0.3 is 0 Å². The largest absolute Gasteiger partial charge is 0.480 e. The van der Waals surface area contributed by atoms with Crippen molar-refractivity contribution in [3.8, 4) is 11.8 Å². The first-order valence-corrected chi connectivity index (χ1v) is 6.99. The summed E-state index contributed by atoms with van der Waals surface area (Å²) in [7, 11) is 1.50. The number of carbonyl (C=O) groups excluding carboxylic acids is 1. The van der Waals surface area contributed by atoms with E-state index in [2.05, 4.69) is 15.0 Å². The number of rotatable bonds is 4. The highest BCUT2D eigenvalue weighted by Crippen LogP contribution is 2.21. The second-order valence-corrected chi connectivity index (χ2v) is 4.88. The van der Waals surface area contributed by atoms with Gasteiger partial charge in [0.15, 0.2) is 0 Å². The second kappa shape index (κ2) is 6.38. The van der Waals surface area contributed by atoms with Crippen molar-refractivity contribution < 1.29 is 14.3 Å². The quantitative estimate of drug-likeness (QED) is 0.843. The minimum Gasteiger partial charge on any atom is -0.480 e. The Kier molecular flexibility index (Phi) is 4.13. The van der Waals surface area contributed by atoms with Gasteiger partial charge in [-0.1, -0.05) is 0 Å². The summed E-state index contributed by atoms with van der Waals surface area (Å²) in [5.74, 6) is 0.710. The Morgan fingerprint density at radius 2 is 2.23 bits per heavy atom. The van der Waals surface area contributed by atoms with Gasteiger partial charge in [0.2, 0.25) is 11.8 Å². The summed E-state index contributed by atoms with van der Waals surface area (Å²) in [5, 5.41) is 0. The Morgan fingerprint density at radius 1 is 1.32 bits per heavy atom. The first-order valence-electron chi connectivity index (χ1n) is 6.99. The number of ether oxygens (including phenoxy) is 2. The molecule has 2 aromatic heterocycles. The van der Waals surface area contributed by atoms with Crippen LogP contribution >= 0.6 is 0 Å². The van der Waals surface area contributed by atoms with Gasteiger partial charge in [-0.3, -0.25) is 9.78 Å². The van der Waals surface area contributed by atoms with Crippen LogP contribution in [0, 0.1) is 0 Å². The number of hydrogen-bond donors (Lipinski definition) is 0. The zero-order valence-electron chi connectivity index (χ0n) is 12.2. The zero-order valence-corrected chi connectivity index (χ0v) is 12.2. The summed E-state index contributed by atoms with van der Waals surface area (Å²) in [6.45, 7) is 1.13. The SMILES string of the molecule is COc1ncccc1C(=O)N1CCC(Oc2cnccn2)C1. The normalized spacial score (nSPS) is 17.3. The topological polar surface area (TPSA) is 77.4 Å². The van der Waals surface area contributed by atoms with Crippen LogP contribution in [0.15, 0.2) is 36.9 Å². The molecule has 0 aliphatic carbocycles. The molecule has 7 heteroatoms. The average Bonchev–Trinajstić information content (AvgIpc) is 3.03. The Balaban J connectivity index is 1.66. The minimum absolute atomic E-state index is 0.0803. The third kappa shape index (κ3) is 2.98. The number of methoxy groups -OCH3 is 1. The molecule has 0 spiro atoms. The van der Waals surface area contributed by atoms with Gasteiger partial charge in [0.25, 0.3) is 5.91 Å². The van der Waals surface area contributed by atoms with Crippen molar-refractivity contribution in [1.29, 1.82) is 0 Å². The van der Waals surface area contributed by atoms with Gasteiger partial charge in [-0.25, -0.2) is 9.97 Å². The summed E-state index contributed by atoms with van der Waals surface area (Å²) in [6.07, 6.45) is 7.00. The Labute approximate surface area is 127 Å². The third-order valence-corrected chi connectivity index (χ3v) is 3.45. The lowest BCUT2D eigenvalue weighted by atomic mass is 10.2. The maximum atomic E-state index is 12.5. The van der Waals surface area contributed by atoms with E-state index < -0.39 is 0 Å². The van der Waals surface area contributed by atoms with Crippen molar-refractivity contribution in [2.75, 3.05) is 20.2 Å². The van der Waals surface area contributed by atoms with Crippen molar-refractivity contribution in [1.82, 2.24) is 19.9 Å². The Bertz CT molecular complexity index is 650. The van der Waals surface area contributed by atoms with Crippen LogP contribution in [-0.2, 0) is 0 Å². The van der Waals surface area contributed by atoms with Crippen LogP contribution in [0.25, 0.3) is 0 Å². The number of hydrogen-bond acceptors (Lipinski definition) is 6. The highest BCUT2D eigenvalue weighted by molar-refractivity contribution is 5.96. The lowest BCUT2D eigenvalue weighted by Crippen LogP contribution is -2.31. The summed E-state index contributed by atoms with van der Waals surface area (Å²) >= 11 is 0. The maximum absolute atomic E-state index is 12.5. The zero-order chi connectivity index (χ0) is 15.4. The molecule has 1 atom stereocenters. The van der Waals surface area contributed by atoms with Crippen LogP contribution in [0.2, 0.25) is 0 Å². The summed E-state index contributed by atoms with van der Waals surface area (Å²) < 4.78 is 10.9.